The van der Waals surface area contributed by atoms with Crippen LogP contribution in [-0.2, 0) is 38.2 Å². The molecular formula is C20H20N4O4S. The van der Waals surface area contributed by atoms with Gasteiger partial charge >= 0.3 is 0 Å². The van der Waals surface area contributed by atoms with E-state index < -0.39 is 15.6 Å². The number of amides is 1. The van der Waals surface area contributed by atoms with Gasteiger partial charge < -0.3 is 9.64 Å². The Labute approximate surface area is 168 Å². The van der Waals surface area contributed by atoms with Crippen molar-refractivity contribution < 1.29 is 17.9 Å². The zero-order chi connectivity index (χ0) is 20.0. The van der Waals surface area contributed by atoms with Crippen molar-refractivity contribution in [3.8, 4) is 0 Å². The molecule has 0 radical (unpaired) electrons. The van der Waals surface area contributed by atoms with Crippen LogP contribution in [0.5, 0.6) is 0 Å². The molecule has 1 spiro atoms. The van der Waals surface area contributed by atoms with Gasteiger partial charge in [0.2, 0.25) is 15.9 Å². The van der Waals surface area contributed by atoms with Gasteiger partial charge in [-0.25, -0.2) is 18.4 Å². The number of fused-ring (bicyclic) bond motifs is 3. The van der Waals surface area contributed by atoms with Crippen LogP contribution in [0, 0.1) is 0 Å². The Morgan fingerprint density at radius 2 is 2.03 bits per heavy atom. The van der Waals surface area contributed by atoms with Crippen LogP contribution in [0.2, 0.25) is 0 Å². The number of aromatic nitrogens is 2. The third-order valence-electron chi connectivity index (χ3n) is 6.43. The maximum atomic E-state index is 13.1. The number of carbonyl (C=O) groups is 1. The Morgan fingerprint density at radius 3 is 2.79 bits per heavy atom. The number of hydrogen-bond donors (Lipinski definition) is 0. The van der Waals surface area contributed by atoms with E-state index in [4.69, 9.17) is 4.74 Å². The average molecular weight is 412 g/mol. The standard InChI is InChI=1S/C20H20N4O4S/c1-23-17-5-4-14(6-13(17)7-18(23)25)29(26,27)24-10-20(11-24)15-8-21-19(12-2-3-12)22-16(15)9-28-20/h4-6,8,12H,2-3,7,9-11H2,1H3. The number of benzene rings is 1. The number of sulfonamides is 1. The summed E-state index contributed by atoms with van der Waals surface area (Å²) in [4.78, 5) is 22.8. The van der Waals surface area contributed by atoms with Crippen molar-refractivity contribution >= 4 is 21.6 Å². The van der Waals surface area contributed by atoms with E-state index in [1.165, 1.54) is 4.31 Å². The second-order valence-corrected chi connectivity index (χ2v) is 10.3. The molecule has 0 N–H and O–H groups in total. The van der Waals surface area contributed by atoms with Crippen LogP contribution in [0.1, 0.15) is 41.4 Å². The molecule has 1 aliphatic carbocycles. The molecule has 1 saturated carbocycles. The Balaban J connectivity index is 1.25. The molecule has 1 aromatic heterocycles. The number of rotatable bonds is 3. The Morgan fingerprint density at radius 1 is 1.24 bits per heavy atom. The largest absolute Gasteiger partial charge is 0.361 e. The highest BCUT2D eigenvalue weighted by molar-refractivity contribution is 7.89. The summed E-state index contributed by atoms with van der Waals surface area (Å²) in [5, 5.41) is 0. The van der Waals surface area contributed by atoms with Crippen LogP contribution in [0.15, 0.2) is 29.3 Å². The van der Waals surface area contributed by atoms with Crippen LogP contribution in [0.25, 0.3) is 0 Å². The van der Waals surface area contributed by atoms with Crippen molar-refractivity contribution in [2.45, 2.75) is 42.3 Å². The van der Waals surface area contributed by atoms with Crippen molar-refractivity contribution in [3.05, 3.63) is 47.0 Å². The first kappa shape index (κ1) is 17.5. The lowest BCUT2D eigenvalue weighted by atomic mass is 9.90. The van der Waals surface area contributed by atoms with E-state index in [1.54, 1.807) is 30.1 Å². The number of ether oxygens (including phenoxy) is 1. The topological polar surface area (TPSA) is 92.7 Å². The molecular weight excluding hydrogens is 392 g/mol. The third-order valence-corrected chi connectivity index (χ3v) is 8.22. The minimum atomic E-state index is -3.65. The van der Waals surface area contributed by atoms with E-state index >= 15 is 0 Å². The molecule has 8 nitrogen and oxygen atoms in total. The van der Waals surface area contributed by atoms with Crippen molar-refractivity contribution in [2.24, 2.45) is 0 Å². The van der Waals surface area contributed by atoms with E-state index in [0.29, 0.717) is 12.5 Å². The summed E-state index contributed by atoms with van der Waals surface area (Å²) >= 11 is 0. The second kappa shape index (κ2) is 5.62. The molecule has 2 aromatic rings. The molecule has 0 unspecified atom stereocenters. The van der Waals surface area contributed by atoms with E-state index in [9.17, 15) is 13.2 Å². The van der Waals surface area contributed by atoms with Crippen LogP contribution >= 0.6 is 0 Å². The first-order valence-electron chi connectivity index (χ1n) is 9.77. The predicted molar refractivity (Wildman–Crippen MR) is 103 cm³/mol. The molecule has 1 amide bonds. The normalized spacial score (nSPS) is 22.7. The van der Waals surface area contributed by atoms with E-state index in [1.807, 2.05) is 6.20 Å². The van der Waals surface area contributed by atoms with Gasteiger partial charge in [-0.2, -0.15) is 4.31 Å². The molecule has 2 fully saturated rings. The number of carbonyl (C=O) groups excluding carboxylic acids is 1. The molecule has 6 rings (SSSR count). The molecule has 150 valence electrons. The maximum Gasteiger partial charge on any atom is 0.243 e. The third kappa shape index (κ3) is 2.44. The molecule has 1 aromatic carbocycles. The molecule has 4 heterocycles. The zero-order valence-electron chi connectivity index (χ0n) is 16.0. The monoisotopic (exact) mass is 412 g/mol. The summed E-state index contributed by atoms with van der Waals surface area (Å²) in [6.45, 7) is 0.910. The van der Waals surface area contributed by atoms with Gasteiger partial charge in [-0.1, -0.05) is 0 Å². The Kier molecular flexibility index (Phi) is 3.39. The lowest BCUT2D eigenvalue weighted by Gasteiger charge is -2.46. The summed E-state index contributed by atoms with van der Waals surface area (Å²) in [6.07, 6.45) is 4.33. The highest BCUT2D eigenvalue weighted by atomic mass is 32.2. The quantitative estimate of drug-likeness (QED) is 0.755. The first-order chi connectivity index (χ1) is 13.9. The average Bonchev–Trinajstić information content (AvgIpc) is 3.39. The molecule has 0 atom stereocenters. The predicted octanol–water partition coefficient (Wildman–Crippen LogP) is 1.30. The van der Waals surface area contributed by atoms with Gasteiger partial charge in [0, 0.05) is 43.5 Å². The Hall–Kier alpha value is -2.36. The fourth-order valence-corrected chi connectivity index (χ4v) is 6.04. The molecule has 3 aliphatic heterocycles. The van der Waals surface area contributed by atoms with Gasteiger partial charge in [0.1, 0.15) is 11.4 Å². The van der Waals surface area contributed by atoms with Crippen LogP contribution in [0.3, 0.4) is 0 Å². The van der Waals surface area contributed by atoms with Crippen molar-refractivity contribution in [2.75, 3.05) is 25.0 Å². The first-order valence-corrected chi connectivity index (χ1v) is 11.2. The minimum Gasteiger partial charge on any atom is -0.361 e. The lowest BCUT2D eigenvalue weighted by molar-refractivity contribution is -0.117. The summed E-state index contributed by atoms with van der Waals surface area (Å²) in [5.74, 6) is 1.32. The van der Waals surface area contributed by atoms with Crippen molar-refractivity contribution in [3.63, 3.8) is 0 Å². The SMILES string of the molecule is CN1C(=O)Cc2cc(S(=O)(=O)N3CC4(C3)OCc3nc(C5CC5)ncc34)ccc21. The van der Waals surface area contributed by atoms with Gasteiger partial charge in [0.05, 0.1) is 23.6 Å². The maximum absolute atomic E-state index is 13.1. The number of hydrogen-bond acceptors (Lipinski definition) is 6. The lowest BCUT2D eigenvalue weighted by Crippen LogP contribution is -2.61. The zero-order valence-corrected chi connectivity index (χ0v) is 16.8. The molecule has 29 heavy (non-hydrogen) atoms. The summed E-state index contributed by atoms with van der Waals surface area (Å²) in [5.41, 5.74) is 2.67. The summed E-state index contributed by atoms with van der Waals surface area (Å²) in [7, 11) is -1.95. The second-order valence-electron chi connectivity index (χ2n) is 8.34. The van der Waals surface area contributed by atoms with E-state index in [2.05, 4.69) is 9.97 Å². The van der Waals surface area contributed by atoms with E-state index in [-0.39, 0.29) is 30.3 Å². The fraction of sp³-hybridized carbons (Fsp3) is 0.450. The Bertz CT molecular complexity index is 1170. The van der Waals surface area contributed by atoms with Crippen LogP contribution < -0.4 is 4.90 Å². The van der Waals surface area contributed by atoms with Crippen LogP contribution in [0.4, 0.5) is 5.69 Å². The summed E-state index contributed by atoms with van der Waals surface area (Å²) < 4.78 is 33.7. The van der Waals surface area contributed by atoms with Crippen LogP contribution in [-0.4, -0.2) is 48.7 Å². The molecule has 4 aliphatic rings. The number of anilines is 1. The van der Waals surface area contributed by atoms with Gasteiger partial charge in [-0.3, -0.25) is 4.79 Å². The smallest absolute Gasteiger partial charge is 0.243 e. The number of nitrogens with zero attached hydrogens (tertiary/aromatic N) is 4. The molecule has 9 heteroatoms. The highest BCUT2D eigenvalue weighted by Crippen LogP contribution is 2.46. The highest BCUT2D eigenvalue weighted by Gasteiger charge is 2.55. The van der Waals surface area contributed by atoms with Crippen molar-refractivity contribution in [1.29, 1.82) is 0 Å². The molecule has 1 saturated heterocycles. The van der Waals surface area contributed by atoms with Gasteiger partial charge in [-0.05, 0) is 36.6 Å². The van der Waals surface area contributed by atoms with Gasteiger partial charge in [-0.15, -0.1) is 0 Å². The van der Waals surface area contributed by atoms with E-state index in [0.717, 1.165) is 41.2 Å². The van der Waals surface area contributed by atoms with Gasteiger partial charge in [0.25, 0.3) is 0 Å². The van der Waals surface area contributed by atoms with Crippen molar-refractivity contribution in [1.82, 2.24) is 14.3 Å². The number of likely N-dealkylation sites (N-methyl/N-ethyl adjacent to an activating group) is 1. The fourth-order valence-electron chi connectivity index (χ4n) is 4.46. The molecule has 0 bridgehead atoms. The van der Waals surface area contributed by atoms with Gasteiger partial charge in [0.15, 0.2) is 0 Å². The minimum absolute atomic E-state index is 0.0287. The summed E-state index contributed by atoms with van der Waals surface area (Å²) in [6, 6.07) is 4.89.